The quantitative estimate of drug-likeness (QED) is 0.409. The van der Waals surface area contributed by atoms with E-state index in [9.17, 15) is 10.1 Å². The van der Waals surface area contributed by atoms with E-state index in [1.165, 1.54) is 0 Å². The van der Waals surface area contributed by atoms with Gasteiger partial charge in [0.15, 0.2) is 0 Å². The van der Waals surface area contributed by atoms with Crippen LogP contribution in [0.15, 0.2) is 11.4 Å². The Kier molecular flexibility index (Phi) is 5.73. The molecule has 0 spiro atoms. The van der Waals surface area contributed by atoms with E-state index in [1.807, 2.05) is 0 Å². The second-order valence-corrected chi connectivity index (χ2v) is 4.30. The third kappa shape index (κ3) is 4.08. The highest BCUT2D eigenvalue weighted by Crippen LogP contribution is 2.05. The van der Waals surface area contributed by atoms with Crippen LogP contribution in [0.1, 0.15) is 13.8 Å². The Bertz CT molecular complexity index is 343. The highest BCUT2D eigenvalue weighted by molar-refractivity contribution is 5.73. The molecular formula is C11H20N4O3. The number of morpholine rings is 1. The molecule has 7 nitrogen and oxygen atoms in total. The van der Waals surface area contributed by atoms with Crippen molar-refractivity contribution < 1.29 is 9.66 Å². The predicted molar refractivity (Wildman–Crippen MR) is 68.3 cm³/mol. The Morgan fingerprint density at radius 3 is 3.00 bits per heavy atom. The third-order valence-corrected chi connectivity index (χ3v) is 3.01. The first-order chi connectivity index (χ1) is 8.56. The number of hydrogen-bond donors (Lipinski definition) is 2. The van der Waals surface area contributed by atoms with Crippen LogP contribution < -0.4 is 5.32 Å². The SMILES string of the molecule is C/C(NCCN1CCOCC1C)=C(/C=N)[N+](=O)[O-]. The maximum atomic E-state index is 10.6. The number of nitro groups is 1. The summed E-state index contributed by atoms with van der Waals surface area (Å²) >= 11 is 0. The van der Waals surface area contributed by atoms with Gasteiger partial charge in [-0.2, -0.15) is 0 Å². The molecule has 2 N–H and O–H groups in total. The molecule has 1 fully saturated rings. The average Bonchev–Trinajstić information content (AvgIpc) is 2.32. The van der Waals surface area contributed by atoms with Crippen LogP contribution >= 0.6 is 0 Å². The molecule has 1 atom stereocenters. The van der Waals surface area contributed by atoms with Crippen molar-refractivity contribution in [1.82, 2.24) is 10.2 Å². The third-order valence-electron chi connectivity index (χ3n) is 3.01. The zero-order valence-corrected chi connectivity index (χ0v) is 10.8. The number of nitrogens with zero attached hydrogens (tertiary/aromatic N) is 2. The fourth-order valence-corrected chi connectivity index (χ4v) is 1.87. The molecule has 1 rings (SSSR count). The van der Waals surface area contributed by atoms with E-state index < -0.39 is 4.92 Å². The Morgan fingerprint density at radius 2 is 2.44 bits per heavy atom. The van der Waals surface area contributed by atoms with Gasteiger partial charge in [-0.15, -0.1) is 0 Å². The Balaban J connectivity index is 2.41. The highest BCUT2D eigenvalue weighted by atomic mass is 16.6. The summed E-state index contributed by atoms with van der Waals surface area (Å²) in [6, 6.07) is 0.377. The molecular weight excluding hydrogens is 236 g/mol. The fourth-order valence-electron chi connectivity index (χ4n) is 1.87. The van der Waals surface area contributed by atoms with E-state index >= 15 is 0 Å². The summed E-state index contributed by atoms with van der Waals surface area (Å²) in [7, 11) is 0. The monoisotopic (exact) mass is 256 g/mol. The minimum Gasteiger partial charge on any atom is -0.382 e. The van der Waals surface area contributed by atoms with Crippen molar-refractivity contribution >= 4 is 6.21 Å². The van der Waals surface area contributed by atoms with Crippen LogP contribution in [0.25, 0.3) is 0 Å². The lowest BCUT2D eigenvalue weighted by atomic mass is 10.2. The number of rotatable bonds is 6. The van der Waals surface area contributed by atoms with Crippen LogP contribution in [0, 0.1) is 15.5 Å². The van der Waals surface area contributed by atoms with Crippen LogP contribution in [0.5, 0.6) is 0 Å². The molecule has 1 heterocycles. The van der Waals surface area contributed by atoms with E-state index in [1.54, 1.807) is 6.92 Å². The zero-order valence-electron chi connectivity index (χ0n) is 10.8. The smallest absolute Gasteiger partial charge is 0.305 e. The van der Waals surface area contributed by atoms with E-state index in [0.717, 1.165) is 32.5 Å². The second kappa shape index (κ2) is 7.07. The Hall–Kier alpha value is -1.47. The summed E-state index contributed by atoms with van der Waals surface area (Å²) in [5.74, 6) is 0. The van der Waals surface area contributed by atoms with Crippen LogP contribution in [0.2, 0.25) is 0 Å². The Morgan fingerprint density at radius 1 is 1.72 bits per heavy atom. The predicted octanol–water partition coefficient (Wildman–Crippen LogP) is 0.454. The molecule has 0 aromatic carbocycles. The lowest BCUT2D eigenvalue weighted by molar-refractivity contribution is -0.415. The van der Waals surface area contributed by atoms with Crippen LogP contribution in [-0.4, -0.2) is 54.9 Å². The summed E-state index contributed by atoms with van der Waals surface area (Å²) in [5, 5.41) is 20.6. The van der Waals surface area contributed by atoms with Crippen molar-refractivity contribution in [2.24, 2.45) is 0 Å². The number of nitrogens with one attached hydrogen (secondary N) is 2. The van der Waals surface area contributed by atoms with Crippen molar-refractivity contribution in [1.29, 1.82) is 5.41 Å². The summed E-state index contributed by atoms with van der Waals surface area (Å²) < 4.78 is 5.34. The topological polar surface area (TPSA) is 91.5 Å². The van der Waals surface area contributed by atoms with Gasteiger partial charge < -0.3 is 15.5 Å². The summed E-state index contributed by atoms with van der Waals surface area (Å²) in [4.78, 5) is 12.3. The van der Waals surface area contributed by atoms with Gasteiger partial charge in [0.05, 0.1) is 30.0 Å². The fraction of sp³-hybridized carbons (Fsp3) is 0.727. The number of allylic oxidation sites excluding steroid dienone is 2. The number of ether oxygens (including phenoxy) is 1. The molecule has 1 aliphatic heterocycles. The van der Waals surface area contributed by atoms with E-state index in [-0.39, 0.29) is 5.70 Å². The molecule has 102 valence electrons. The molecule has 1 unspecified atom stereocenters. The maximum Gasteiger partial charge on any atom is 0.305 e. The lowest BCUT2D eigenvalue weighted by Gasteiger charge is -2.33. The first kappa shape index (κ1) is 14.6. The molecule has 0 bridgehead atoms. The van der Waals surface area contributed by atoms with Gasteiger partial charge in [-0.1, -0.05) is 0 Å². The van der Waals surface area contributed by atoms with Crippen LogP contribution in [0.3, 0.4) is 0 Å². The van der Waals surface area contributed by atoms with E-state index in [0.29, 0.717) is 18.3 Å². The lowest BCUT2D eigenvalue weighted by Crippen LogP contribution is -2.46. The Labute approximate surface area is 106 Å². The maximum absolute atomic E-state index is 10.6. The largest absolute Gasteiger partial charge is 0.382 e. The van der Waals surface area contributed by atoms with Crippen LogP contribution in [0.4, 0.5) is 0 Å². The van der Waals surface area contributed by atoms with Crippen molar-refractivity contribution in [2.45, 2.75) is 19.9 Å². The molecule has 0 radical (unpaired) electrons. The second-order valence-electron chi connectivity index (χ2n) is 4.30. The normalized spacial score (nSPS) is 22.2. The van der Waals surface area contributed by atoms with Gasteiger partial charge in [0.25, 0.3) is 0 Å². The zero-order chi connectivity index (χ0) is 13.5. The molecule has 0 amide bonds. The average molecular weight is 256 g/mol. The number of hydrogen-bond acceptors (Lipinski definition) is 6. The molecule has 0 aliphatic carbocycles. The van der Waals surface area contributed by atoms with E-state index in [4.69, 9.17) is 10.1 Å². The van der Waals surface area contributed by atoms with E-state index in [2.05, 4.69) is 17.1 Å². The summed E-state index contributed by atoms with van der Waals surface area (Å²) in [6.45, 7) is 7.51. The van der Waals surface area contributed by atoms with Crippen molar-refractivity contribution in [3.8, 4) is 0 Å². The van der Waals surface area contributed by atoms with Crippen molar-refractivity contribution in [3.05, 3.63) is 21.5 Å². The molecule has 1 aliphatic rings. The van der Waals surface area contributed by atoms with Crippen LogP contribution in [-0.2, 0) is 4.74 Å². The van der Waals surface area contributed by atoms with Gasteiger partial charge in [0.1, 0.15) is 0 Å². The summed E-state index contributed by atoms with van der Waals surface area (Å²) in [6.07, 6.45) is 0.764. The molecule has 0 saturated carbocycles. The first-order valence-electron chi connectivity index (χ1n) is 5.97. The standard InChI is InChI=1S/C11H20N4O3/c1-9-8-18-6-5-14(9)4-3-13-10(2)11(7-12)15(16)17/h7,9,12-13H,3-6,8H2,1-2H3/b11-10+,12-7?. The van der Waals surface area contributed by atoms with Crippen molar-refractivity contribution in [2.75, 3.05) is 32.8 Å². The van der Waals surface area contributed by atoms with Gasteiger partial charge >= 0.3 is 5.70 Å². The minimum atomic E-state index is -0.549. The summed E-state index contributed by atoms with van der Waals surface area (Å²) in [5.41, 5.74) is 0.237. The van der Waals surface area contributed by atoms with Gasteiger partial charge in [-0.05, 0) is 13.8 Å². The van der Waals surface area contributed by atoms with Gasteiger partial charge in [0, 0.05) is 25.7 Å². The molecule has 0 aromatic rings. The molecule has 1 saturated heterocycles. The van der Waals surface area contributed by atoms with Gasteiger partial charge in [0.2, 0.25) is 0 Å². The van der Waals surface area contributed by atoms with Gasteiger partial charge in [-0.25, -0.2) is 0 Å². The first-order valence-corrected chi connectivity index (χ1v) is 5.97. The van der Waals surface area contributed by atoms with Crippen molar-refractivity contribution in [3.63, 3.8) is 0 Å². The van der Waals surface area contributed by atoms with Gasteiger partial charge in [-0.3, -0.25) is 15.0 Å². The highest BCUT2D eigenvalue weighted by Gasteiger charge is 2.18. The molecule has 0 aromatic heterocycles. The molecule has 18 heavy (non-hydrogen) atoms. The molecule has 7 heteroatoms. The minimum absolute atomic E-state index is 0.190.